The highest BCUT2D eigenvalue weighted by molar-refractivity contribution is 5.68. The minimum absolute atomic E-state index is 0.0117. The number of ether oxygens (including phenoxy) is 1. The molecule has 0 bridgehead atoms. The number of carbonyl (C=O) groups is 2. The molecule has 1 unspecified atom stereocenters. The summed E-state index contributed by atoms with van der Waals surface area (Å²) < 4.78 is 5.00. The van der Waals surface area contributed by atoms with Crippen LogP contribution in [-0.2, 0) is 14.5 Å². The van der Waals surface area contributed by atoms with Crippen molar-refractivity contribution in [1.82, 2.24) is 5.32 Å². The second-order valence-corrected chi connectivity index (χ2v) is 4.23. The molecular weight excluding hydrogens is 216 g/mol. The normalized spacial score (nSPS) is 12.8. The van der Waals surface area contributed by atoms with E-state index in [0.717, 1.165) is 0 Å². The Kier molecular flexibility index (Phi) is 5.59. The minimum Gasteiger partial charge on any atom is -0.444 e. The van der Waals surface area contributed by atoms with Crippen LogP contribution in [0.3, 0.4) is 0 Å². The molecule has 0 saturated heterocycles. The molecule has 0 aliphatic carbocycles. The molecule has 0 heterocycles. The lowest BCUT2D eigenvalue weighted by molar-refractivity contribution is -0.239. The molecule has 1 atom stereocenters. The molecule has 0 radical (unpaired) electrons. The van der Waals surface area contributed by atoms with Crippen LogP contribution < -0.4 is 11.1 Å². The zero-order valence-corrected chi connectivity index (χ0v) is 9.90. The van der Waals surface area contributed by atoms with Crippen LogP contribution in [0.15, 0.2) is 0 Å². The van der Waals surface area contributed by atoms with Crippen LogP contribution in [0.1, 0.15) is 27.7 Å². The largest absolute Gasteiger partial charge is 0.444 e. The Labute approximate surface area is 94.1 Å². The molecule has 0 spiro atoms. The van der Waals surface area contributed by atoms with Gasteiger partial charge in [0.25, 0.3) is 0 Å². The van der Waals surface area contributed by atoms with Gasteiger partial charge in [-0.3, -0.25) is 4.89 Å². The molecule has 0 aromatic heterocycles. The monoisotopic (exact) mass is 234 g/mol. The number of carbonyl (C=O) groups excluding carboxylic acids is 2. The fourth-order valence-electron chi connectivity index (χ4n) is 0.745. The zero-order chi connectivity index (χ0) is 12.8. The maximum Gasteiger partial charge on any atom is 0.436 e. The lowest BCUT2D eigenvalue weighted by atomic mass is 10.2. The molecule has 7 nitrogen and oxygen atoms in total. The quantitative estimate of drug-likeness (QED) is 0.556. The third-order valence-corrected chi connectivity index (χ3v) is 1.22. The van der Waals surface area contributed by atoms with Crippen molar-refractivity contribution >= 4 is 12.2 Å². The van der Waals surface area contributed by atoms with Gasteiger partial charge in [0.05, 0.1) is 6.04 Å². The van der Waals surface area contributed by atoms with Crippen LogP contribution in [0.5, 0.6) is 0 Å². The first-order valence-electron chi connectivity index (χ1n) is 4.79. The molecule has 0 aromatic rings. The average Bonchev–Trinajstić information content (AvgIpc) is 1.98. The van der Waals surface area contributed by atoms with E-state index in [-0.39, 0.29) is 12.6 Å². The maximum atomic E-state index is 11.2. The molecule has 0 rings (SSSR count). The topological polar surface area (TPSA) is 99.9 Å². The van der Waals surface area contributed by atoms with Crippen molar-refractivity contribution in [2.45, 2.75) is 39.3 Å². The van der Waals surface area contributed by atoms with Crippen LogP contribution in [-0.4, -0.2) is 30.4 Å². The van der Waals surface area contributed by atoms with E-state index >= 15 is 0 Å². The number of amides is 2. The van der Waals surface area contributed by atoms with E-state index in [4.69, 9.17) is 4.74 Å². The summed E-state index contributed by atoms with van der Waals surface area (Å²) in [6.45, 7) is 6.91. The van der Waals surface area contributed by atoms with Gasteiger partial charge in [-0.1, -0.05) is 0 Å². The number of nitrogens with two attached hydrogens (primary N) is 1. The SMILES string of the molecule is CC(COOC(N)=O)NC(=O)OC(C)(C)C. The molecule has 0 aliphatic heterocycles. The van der Waals surface area contributed by atoms with Gasteiger partial charge in [0.1, 0.15) is 12.2 Å². The first-order valence-corrected chi connectivity index (χ1v) is 4.79. The van der Waals surface area contributed by atoms with Crippen molar-refractivity contribution < 1.29 is 24.1 Å². The number of rotatable bonds is 4. The smallest absolute Gasteiger partial charge is 0.436 e. The molecule has 94 valence electrons. The standard InChI is InChI=1S/C9H18N2O5/c1-6(5-14-16-7(10)12)11-8(13)15-9(2,3)4/h6H,5H2,1-4H3,(H2,10,12)(H,11,13). The first kappa shape index (κ1) is 14.5. The summed E-state index contributed by atoms with van der Waals surface area (Å²) in [7, 11) is 0. The highest BCUT2D eigenvalue weighted by Gasteiger charge is 2.17. The van der Waals surface area contributed by atoms with E-state index in [1.54, 1.807) is 27.7 Å². The average molecular weight is 234 g/mol. The Balaban J connectivity index is 3.74. The van der Waals surface area contributed by atoms with Crippen molar-refractivity contribution in [3.05, 3.63) is 0 Å². The number of hydrogen-bond donors (Lipinski definition) is 2. The van der Waals surface area contributed by atoms with Gasteiger partial charge in [0.2, 0.25) is 0 Å². The fraction of sp³-hybridized carbons (Fsp3) is 0.778. The molecule has 3 N–H and O–H groups in total. The summed E-state index contributed by atoms with van der Waals surface area (Å²) in [5.74, 6) is 0. The van der Waals surface area contributed by atoms with Gasteiger partial charge in [-0.15, -0.1) is 0 Å². The minimum atomic E-state index is -1.04. The Morgan fingerprint density at radius 1 is 1.38 bits per heavy atom. The third kappa shape index (κ3) is 9.07. The first-order chi connectivity index (χ1) is 7.20. The highest BCUT2D eigenvalue weighted by Crippen LogP contribution is 2.06. The third-order valence-electron chi connectivity index (χ3n) is 1.22. The Bertz CT molecular complexity index is 249. The van der Waals surface area contributed by atoms with E-state index < -0.39 is 17.8 Å². The summed E-state index contributed by atoms with van der Waals surface area (Å²) in [5.41, 5.74) is 4.10. The van der Waals surface area contributed by atoms with E-state index in [2.05, 4.69) is 20.8 Å². The summed E-state index contributed by atoms with van der Waals surface area (Å²) in [4.78, 5) is 29.9. The molecule has 0 aliphatic rings. The van der Waals surface area contributed by atoms with Crippen molar-refractivity contribution in [2.24, 2.45) is 5.73 Å². The maximum absolute atomic E-state index is 11.2. The van der Waals surface area contributed by atoms with Crippen LogP contribution in [0, 0.1) is 0 Å². The summed E-state index contributed by atoms with van der Waals surface area (Å²) in [6, 6.07) is -0.366. The number of alkyl carbamates (subject to hydrolysis) is 1. The zero-order valence-electron chi connectivity index (χ0n) is 9.90. The van der Waals surface area contributed by atoms with Crippen molar-refractivity contribution in [2.75, 3.05) is 6.61 Å². The number of primary amides is 1. The molecule has 0 aromatic carbocycles. The van der Waals surface area contributed by atoms with Gasteiger partial charge in [-0.05, 0) is 27.7 Å². The Morgan fingerprint density at radius 3 is 2.38 bits per heavy atom. The molecular formula is C9H18N2O5. The second-order valence-electron chi connectivity index (χ2n) is 4.23. The molecule has 16 heavy (non-hydrogen) atoms. The van der Waals surface area contributed by atoms with Gasteiger partial charge >= 0.3 is 12.2 Å². The van der Waals surface area contributed by atoms with Crippen molar-refractivity contribution in [3.63, 3.8) is 0 Å². The molecule has 0 fully saturated rings. The van der Waals surface area contributed by atoms with Crippen molar-refractivity contribution in [1.29, 1.82) is 0 Å². The molecule has 7 heteroatoms. The van der Waals surface area contributed by atoms with Gasteiger partial charge in [-0.2, -0.15) is 4.89 Å². The van der Waals surface area contributed by atoms with Crippen LogP contribution in [0.25, 0.3) is 0 Å². The van der Waals surface area contributed by atoms with E-state index in [1.165, 1.54) is 0 Å². The fourth-order valence-corrected chi connectivity index (χ4v) is 0.745. The molecule has 2 amide bonds. The predicted molar refractivity (Wildman–Crippen MR) is 55.5 cm³/mol. The van der Waals surface area contributed by atoms with Gasteiger partial charge in [-0.25, -0.2) is 9.59 Å². The van der Waals surface area contributed by atoms with Crippen molar-refractivity contribution in [3.8, 4) is 0 Å². The molecule has 0 saturated carbocycles. The summed E-state index contributed by atoms with van der Waals surface area (Å²) >= 11 is 0. The van der Waals surface area contributed by atoms with E-state index in [9.17, 15) is 9.59 Å². The Hall–Kier alpha value is -1.50. The summed E-state index contributed by atoms with van der Waals surface area (Å²) in [6.07, 6.45) is -1.60. The number of hydrogen-bond acceptors (Lipinski definition) is 5. The Morgan fingerprint density at radius 2 is 1.94 bits per heavy atom. The van der Waals surface area contributed by atoms with Crippen LogP contribution in [0.2, 0.25) is 0 Å². The van der Waals surface area contributed by atoms with Crippen LogP contribution >= 0.6 is 0 Å². The lowest BCUT2D eigenvalue weighted by Crippen LogP contribution is -2.40. The van der Waals surface area contributed by atoms with Crippen LogP contribution in [0.4, 0.5) is 9.59 Å². The predicted octanol–water partition coefficient (Wildman–Crippen LogP) is 0.926. The van der Waals surface area contributed by atoms with E-state index in [0.29, 0.717) is 0 Å². The van der Waals surface area contributed by atoms with Gasteiger partial charge in [0, 0.05) is 0 Å². The highest BCUT2D eigenvalue weighted by atomic mass is 17.2. The van der Waals surface area contributed by atoms with Gasteiger partial charge in [0.15, 0.2) is 0 Å². The van der Waals surface area contributed by atoms with E-state index in [1.807, 2.05) is 0 Å². The van der Waals surface area contributed by atoms with Gasteiger partial charge < -0.3 is 15.8 Å². The summed E-state index contributed by atoms with van der Waals surface area (Å²) in [5, 5.41) is 2.49. The second kappa shape index (κ2) is 6.16. The lowest BCUT2D eigenvalue weighted by Gasteiger charge is -2.21. The number of nitrogens with one attached hydrogen (secondary N) is 1.